The summed E-state index contributed by atoms with van der Waals surface area (Å²) < 4.78 is 45.6. The first-order chi connectivity index (χ1) is 9.78. The molecular weight excluding hydrogens is 355 g/mol. The molecule has 0 atom stereocenters. The number of anilines is 1. The summed E-state index contributed by atoms with van der Waals surface area (Å²) >= 11 is 3.29. The third kappa shape index (κ3) is 4.34. The second kappa shape index (κ2) is 6.23. The normalized spacial score (nSPS) is 21.6. The maximum Gasteiger partial charge on any atom is 0.522 e. The Kier molecular flexibility index (Phi) is 4.77. The number of ether oxygens (including phenoxy) is 2. The molecule has 1 fully saturated rings. The van der Waals surface area contributed by atoms with Gasteiger partial charge in [-0.1, -0.05) is 0 Å². The second-order valence-corrected chi connectivity index (χ2v) is 5.54. The van der Waals surface area contributed by atoms with Gasteiger partial charge in [0.1, 0.15) is 5.75 Å². The highest BCUT2D eigenvalue weighted by Crippen LogP contribution is 2.36. The number of carbonyl (C=O) groups excluding carboxylic acids is 1. The second-order valence-electron chi connectivity index (χ2n) is 4.69. The summed E-state index contributed by atoms with van der Waals surface area (Å²) in [5, 5.41) is 2.67. The molecule has 1 aromatic rings. The summed E-state index contributed by atoms with van der Waals surface area (Å²) in [6.07, 6.45) is -5.46. The number of halogens is 4. The molecule has 0 aromatic heterocycles. The minimum atomic E-state index is -4.65. The van der Waals surface area contributed by atoms with Crippen LogP contribution in [0.25, 0.3) is 0 Å². The zero-order valence-corrected chi connectivity index (χ0v) is 12.6. The van der Waals surface area contributed by atoms with Gasteiger partial charge in [-0.2, -0.15) is 0 Å². The molecule has 1 saturated carbocycles. The highest BCUT2D eigenvalue weighted by molar-refractivity contribution is 9.10. The van der Waals surface area contributed by atoms with E-state index in [-0.39, 0.29) is 18.7 Å². The zero-order valence-electron chi connectivity index (χ0n) is 11.0. The van der Waals surface area contributed by atoms with Crippen molar-refractivity contribution in [2.45, 2.75) is 25.3 Å². The number of rotatable bonds is 4. The third-order valence-corrected chi connectivity index (χ3v) is 3.89. The molecule has 2 rings (SSSR count). The predicted molar refractivity (Wildman–Crippen MR) is 73.0 cm³/mol. The fourth-order valence-electron chi connectivity index (χ4n) is 2.03. The molecule has 1 N–H and O–H groups in total. The van der Waals surface area contributed by atoms with E-state index in [0.29, 0.717) is 15.9 Å². The highest BCUT2D eigenvalue weighted by Gasteiger charge is 2.42. The van der Waals surface area contributed by atoms with Crippen molar-refractivity contribution in [3.63, 3.8) is 0 Å². The smallest absolute Gasteiger partial charge is 0.497 e. The Morgan fingerprint density at radius 2 is 2.05 bits per heavy atom. The summed E-state index contributed by atoms with van der Waals surface area (Å²) in [5.41, 5.74) is 0.513. The Labute approximate surface area is 127 Å². The van der Waals surface area contributed by atoms with E-state index in [2.05, 4.69) is 26.0 Å². The molecule has 1 aliphatic rings. The number of amides is 1. The van der Waals surface area contributed by atoms with Crippen molar-refractivity contribution in [2.75, 3.05) is 12.4 Å². The third-order valence-electron chi connectivity index (χ3n) is 3.20. The lowest BCUT2D eigenvalue weighted by Gasteiger charge is -2.34. The van der Waals surface area contributed by atoms with Crippen LogP contribution in [0.3, 0.4) is 0 Å². The molecule has 8 heteroatoms. The van der Waals surface area contributed by atoms with E-state index in [1.807, 2.05) is 0 Å². The summed E-state index contributed by atoms with van der Waals surface area (Å²) in [7, 11) is 1.50. The number of carbonyl (C=O) groups is 1. The Bertz CT molecular complexity index is 530. The Morgan fingerprint density at radius 3 is 2.62 bits per heavy atom. The van der Waals surface area contributed by atoms with Gasteiger partial charge >= 0.3 is 6.36 Å². The average Bonchev–Trinajstić information content (AvgIpc) is 2.34. The van der Waals surface area contributed by atoms with E-state index < -0.39 is 18.4 Å². The average molecular weight is 368 g/mol. The molecule has 0 unspecified atom stereocenters. The summed E-state index contributed by atoms with van der Waals surface area (Å²) in [5.74, 6) is -0.234. The zero-order chi connectivity index (χ0) is 15.6. The number of benzene rings is 1. The molecule has 116 valence electrons. The van der Waals surface area contributed by atoms with Crippen molar-refractivity contribution in [3.8, 4) is 5.75 Å². The topological polar surface area (TPSA) is 47.6 Å². The van der Waals surface area contributed by atoms with Gasteiger partial charge < -0.3 is 10.1 Å². The number of alkyl halides is 3. The standard InChI is InChI=1S/C13H13BrF3NO3/c1-20-8-2-3-10(14)11(6-8)18-12(19)7-4-9(5-7)21-13(15,16)17/h2-3,6-7,9H,4-5H2,1H3,(H,18,19). The number of nitrogens with one attached hydrogen (secondary N) is 1. The molecule has 4 nitrogen and oxygen atoms in total. The van der Waals surface area contributed by atoms with Crippen LogP contribution >= 0.6 is 15.9 Å². The van der Waals surface area contributed by atoms with Crippen LogP contribution in [-0.2, 0) is 9.53 Å². The molecule has 0 heterocycles. The molecule has 21 heavy (non-hydrogen) atoms. The molecule has 1 aliphatic carbocycles. The van der Waals surface area contributed by atoms with Gasteiger partial charge in [0, 0.05) is 16.5 Å². The van der Waals surface area contributed by atoms with Gasteiger partial charge in [0.25, 0.3) is 0 Å². The maximum absolute atomic E-state index is 12.0. The lowest BCUT2D eigenvalue weighted by molar-refractivity contribution is -0.353. The highest BCUT2D eigenvalue weighted by atomic mass is 79.9. The van der Waals surface area contributed by atoms with E-state index >= 15 is 0 Å². The van der Waals surface area contributed by atoms with Gasteiger partial charge in [0.05, 0.1) is 18.9 Å². The van der Waals surface area contributed by atoms with Crippen LogP contribution in [0.2, 0.25) is 0 Å². The number of hydrogen-bond acceptors (Lipinski definition) is 3. The quantitative estimate of drug-likeness (QED) is 0.882. The summed E-state index contributed by atoms with van der Waals surface area (Å²) in [4.78, 5) is 11.9. The van der Waals surface area contributed by atoms with Gasteiger partial charge in [-0.25, -0.2) is 0 Å². The molecular formula is C13H13BrF3NO3. The van der Waals surface area contributed by atoms with Crippen LogP contribution in [0.4, 0.5) is 18.9 Å². The fourth-order valence-corrected chi connectivity index (χ4v) is 2.37. The molecule has 0 radical (unpaired) electrons. The van der Waals surface area contributed by atoms with Crippen LogP contribution in [0.15, 0.2) is 22.7 Å². The van der Waals surface area contributed by atoms with Crippen LogP contribution < -0.4 is 10.1 Å². The van der Waals surface area contributed by atoms with Crippen LogP contribution in [0.1, 0.15) is 12.8 Å². The van der Waals surface area contributed by atoms with Crippen molar-refractivity contribution in [1.29, 1.82) is 0 Å². The van der Waals surface area contributed by atoms with E-state index in [9.17, 15) is 18.0 Å². The van der Waals surface area contributed by atoms with Crippen LogP contribution in [0, 0.1) is 5.92 Å². The number of hydrogen-bond donors (Lipinski definition) is 1. The van der Waals surface area contributed by atoms with Crippen molar-refractivity contribution in [3.05, 3.63) is 22.7 Å². The summed E-state index contributed by atoms with van der Waals surface area (Å²) in [6.45, 7) is 0. The largest absolute Gasteiger partial charge is 0.522 e. The van der Waals surface area contributed by atoms with Gasteiger partial charge in [0.2, 0.25) is 5.91 Å². The monoisotopic (exact) mass is 367 g/mol. The van der Waals surface area contributed by atoms with E-state index in [0.717, 1.165) is 0 Å². The minimum absolute atomic E-state index is 0.0624. The Morgan fingerprint density at radius 1 is 1.38 bits per heavy atom. The molecule has 1 amide bonds. The number of methoxy groups -OCH3 is 1. The maximum atomic E-state index is 12.0. The molecule has 0 bridgehead atoms. The minimum Gasteiger partial charge on any atom is -0.497 e. The first-order valence-corrected chi connectivity index (χ1v) is 6.96. The van der Waals surface area contributed by atoms with E-state index in [4.69, 9.17) is 4.74 Å². The van der Waals surface area contributed by atoms with Crippen molar-refractivity contribution in [2.24, 2.45) is 5.92 Å². The van der Waals surface area contributed by atoms with Crippen LogP contribution in [0.5, 0.6) is 5.75 Å². The van der Waals surface area contributed by atoms with Gasteiger partial charge in [-0.3, -0.25) is 9.53 Å². The predicted octanol–water partition coefficient (Wildman–Crippen LogP) is 3.71. The lowest BCUT2D eigenvalue weighted by Crippen LogP contribution is -2.41. The Balaban J connectivity index is 1.89. The fraction of sp³-hybridized carbons (Fsp3) is 0.462. The van der Waals surface area contributed by atoms with Crippen LogP contribution in [-0.4, -0.2) is 25.5 Å². The molecule has 0 aliphatic heterocycles. The summed E-state index contributed by atoms with van der Waals surface area (Å²) in [6, 6.07) is 5.06. The molecule has 0 saturated heterocycles. The Hall–Kier alpha value is -1.28. The van der Waals surface area contributed by atoms with Crippen molar-refractivity contribution < 1.29 is 27.4 Å². The van der Waals surface area contributed by atoms with Crippen molar-refractivity contribution in [1.82, 2.24) is 0 Å². The SMILES string of the molecule is COc1ccc(Br)c(NC(=O)C2CC(OC(F)(F)F)C2)c1. The van der Waals surface area contributed by atoms with Gasteiger partial charge in [-0.05, 0) is 40.9 Å². The van der Waals surface area contributed by atoms with E-state index in [1.54, 1.807) is 18.2 Å². The van der Waals surface area contributed by atoms with Gasteiger partial charge in [-0.15, -0.1) is 13.2 Å². The molecule has 1 aromatic carbocycles. The van der Waals surface area contributed by atoms with Crippen molar-refractivity contribution >= 4 is 27.5 Å². The van der Waals surface area contributed by atoms with E-state index in [1.165, 1.54) is 7.11 Å². The molecule has 0 spiro atoms. The first kappa shape index (κ1) is 16.1. The lowest BCUT2D eigenvalue weighted by atomic mass is 9.81. The van der Waals surface area contributed by atoms with Gasteiger partial charge in [0.15, 0.2) is 0 Å². The first-order valence-electron chi connectivity index (χ1n) is 6.17.